The van der Waals surface area contributed by atoms with Crippen molar-refractivity contribution in [1.29, 1.82) is 0 Å². The van der Waals surface area contributed by atoms with Crippen molar-refractivity contribution in [2.24, 2.45) is 0 Å². The van der Waals surface area contributed by atoms with Crippen LogP contribution in [0.3, 0.4) is 0 Å². The molecule has 2 heterocycles. The molecule has 5 heteroatoms. The van der Waals surface area contributed by atoms with Gasteiger partial charge in [-0.1, -0.05) is 6.07 Å². The van der Waals surface area contributed by atoms with E-state index in [0.717, 1.165) is 33.5 Å². The lowest BCUT2D eigenvalue weighted by atomic mass is 10.1. The fraction of sp³-hybridized carbons (Fsp3) is 0.0714. The van der Waals surface area contributed by atoms with E-state index in [2.05, 4.69) is 15.2 Å². The first kappa shape index (κ1) is 11.8. The smallest absolute Gasteiger partial charge is 0.150 e. The van der Waals surface area contributed by atoms with E-state index in [1.54, 1.807) is 23.5 Å². The summed E-state index contributed by atoms with van der Waals surface area (Å²) in [5.74, 6) is 0. The highest BCUT2D eigenvalue weighted by atomic mass is 32.1. The zero-order valence-corrected chi connectivity index (χ0v) is 11.1. The number of benzene rings is 1. The Labute approximate surface area is 113 Å². The fourth-order valence-corrected chi connectivity index (χ4v) is 2.58. The molecular formula is C14H11N3OS. The van der Waals surface area contributed by atoms with Gasteiger partial charge in [0.05, 0.1) is 22.4 Å². The van der Waals surface area contributed by atoms with Gasteiger partial charge in [0.25, 0.3) is 0 Å². The second kappa shape index (κ2) is 4.78. The van der Waals surface area contributed by atoms with Gasteiger partial charge in [0.1, 0.15) is 6.29 Å². The Kier molecular flexibility index (Phi) is 2.97. The van der Waals surface area contributed by atoms with Crippen molar-refractivity contribution in [3.8, 4) is 0 Å². The number of thiazole rings is 1. The van der Waals surface area contributed by atoms with E-state index >= 15 is 0 Å². The van der Waals surface area contributed by atoms with Crippen LogP contribution in [0.4, 0.5) is 0 Å². The Morgan fingerprint density at radius 3 is 2.95 bits per heavy atom. The second-order valence-corrected chi connectivity index (χ2v) is 5.05. The molecular weight excluding hydrogens is 258 g/mol. The number of aromatic nitrogens is 3. The van der Waals surface area contributed by atoms with Crippen LogP contribution in [0.15, 0.2) is 23.7 Å². The molecule has 0 unspecified atom stereocenters. The Morgan fingerprint density at radius 2 is 2.21 bits per heavy atom. The number of hydrogen-bond donors (Lipinski definition) is 1. The van der Waals surface area contributed by atoms with Crippen LogP contribution >= 0.6 is 11.3 Å². The maximum absolute atomic E-state index is 10.7. The average Bonchev–Trinajstić information content (AvgIpc) is 3.02. The molecule has 0 aliphatic carbocycles. The van der Waals surface area contributed by atoms with E-state index in [1.165, 1.54) is 0 Å². The molecule has 0 spiro atoms. The van der Waals surface area contributed by atoms with Crippen LogP contribution < -0.4 is 0 Å². The number of rotatable bonds is 3. The summed E-state index contributed by atoms with van der Waals surface area (Å²) in [6.45, 7) is 1.98. The number of fused-ring (bicyclic) bond motifs is 1. The van der Waals surface area contributed by atoms with Crippen LogP contribution in [-0.2, 0) is 0 Å². The van der Waals surface area contributed by atoms with Crippen molar-refractivity contribution in [2.75, 3.05) is 0 Å². The molecule has 94 valence electrons. The molecule has 0 saturated heterocycles. The highest BCUT2D eigenvalue weighted by molar-refractivity contribution is 7.10. The van der Waals surface area contributed by atoms with E-state index in [0.29, 0.717) is 5.56 Å². The molecule has 0 radical (unpaired) electrons. The Balaban J connectivity index is 2.00. The summed E-state index contributed by atoms with van der Waals surface area (Å²) in [6.07, 6.45) is 4.80. The molecule has 19 heavy (non-hydrogen) atoms. The summed E-state index contributed by atoms with van der Waals surface area (Å²) in [5, 5.41) is 8.20. The number of nitrogens with zero attached hydrogens (tertiary/aromatic N) is 2. The number of hydrogen-bond acceptors (Lipinski definition) is 4. The number of nitrogens with one attached hydrogen (secondary N) is 1. The maximum Gasteiger partial charge on any atom is 0.150 e. The number of aryl methyl sites for hydroxylation is 1. The van der Waals surface area contributed by atoms with Crippen molar-refractivity contribution in [2.45, 2.75) is 6.92 Å². The minimum atomic E-state index is 0.644. The van der Waals surface area contributed by atoms with Gasteiger partial charge >= 0.3 is 0 Å². The zero-order chi connectivity index (χ0) is 13.2. The third-order valence-electron chi connectivity index (χ3n) is 2.93. The van der Waals surface area contributed by atoms with Gasteiger partial charge in [0.2, 0.25) is 0 Å². The average molecular weight is 269 g/mol. The van der Waals surface area contributed by atoms with E-state index in [1.807, 2.05) is 30.7 Å². The lowest BCUT2D eigenvalue weighted by Crippen LogP contribution is -1.78. The lowest BCUT2D eigenvalue weighted by Gasteiger charge is -1.92. The van der Waals surface area contributed by atoms with Gasteiger partial charge < -0.3 is 0 Å². The lowest BCUT2D eigenvalue weighted by molar-refractivity contribution is 0.112. The second-order valence-electron chi connectivity index (χ2n) is 4.17. The molecule has 0 fully saturated rings. The van der Waals surface area contributed by atoms with Crippen LogP contribution in [0.25, 0.3) is 23.1 Å². The molecule has 1 N–H and O–H groups in total. The minimum Gasteiger partial charge on any atom is -0.298 e. The van der Waals surface area contributed by atoms with Crippen molar-refractivity contribution in [3.63, 3.8) is 0 Å². The topological polar surface area (TPSA) is 58.6 Å². The number of H-pyrrole nitrogens is 1. The largest absolute Gasteiger partial charge is 0.298 e. The number of carbonyl (C=O) groups is 1. The third kappa shape index (κ3) is 2.20. The number of aromatic amines is 1. The maximum atomic E-state index is 10.7. The summed E-state index contributed by atoms with van der Waals surface area (Å²) >= 11 is 1.60. The van der Waals surface area contributed by atoms with E-state index in [9.17, 15) is 4.79 Å². The predicted molar refractivity (Wildman–Crippen MR) is 77.3 cm³/mol. The van der Waals surface area contributed by atoms with E-state index < -0.39 is 0 Å². The van der Waals surface area contributed by atoms with Gasteiger partial charge in [0, 0.05) is 15.8 Å². The molecule has 4 nitrogen and oxygen atoms in total. The fourth-order valence-electron chi connectivity index (χ4n) is 1.88. The van der Waals surface area contributed by atoms with E-state index in [4.69, 9.17) is 0 Å². The quantitative estimate of drug-likeness (QED) is 0.742. The van der Waals surface area contributed by atoms with Crippen LogP contribution in [0, 0.1) is 6.92 Å². The van der Waals surface area contributed by atoms with Gasteiger partial charge in [-0.15, -0.1) is 11.3 Å². The molecule has 0 saturated carbocycles. The summed E-state index contributed by atoms with van der Waals surface area (Å²) in [4.78, 5) is 16.0. The monoisotopic (exact) mass is 269 g/mol. The van der Waals surface area contributed by atoms with Crippen molar-refractivity contribution >= 4 is 40.7 Å². The summed E-state index contributed by atoms with van der Waals surface area (Å²) < 4.78 is 0. The number of aldehydes is 1. The summed E-state index contributed by atoms with van der Waals surface area (Å²) in [7, 11) is 0. The minimum absolute atomic E-state index is 0.644. The molecule has 0 aliphatic heterocycles. The zero-order valence-electron chi connectivity index (χ0n) is 10.3. The predicted octanol–water partition coefficient (Wildman–Crippen LogP) is 3.31. The SMILES string of the molecule is Cc1ncsc1C=Cc1n[nH]c2cc(C=O)ccc12. The van der Waals surface area contributed by atoms with E-state index in [-0.39, 0.29) is 0 Å². The molecule has 0 atom stereocenters. The Hall–Kier alpha value is -2.27. The van der Waals surface area contributed by atoms with Crippen molar-refractivity contribution in [3.05, 3.63) is 45.5 Å². The Morgan fingerprint density at radius 1 is 1.32 bits per heavy atom. The molecule has 2 aromatic heterocycles. The molecule has 3 rings (SSSR count). The first-order valence-electron chi connectivity index (χ1n) is 5.79. The van der Waals surface area contributed by atoms with Gasteiger partial charge in [0.15, 0.2) is 0 Å². The first-order chi connectivity index (χ1) is 9.28. The van der Waals surface area contributed by atoms with Crippen LogP contribution in [0.2, 0.25) is 0 Å². The summed E-state index contributed by atoms with van der Waals surface area (Å²) in [6, 6.07) is 5.49. The molecule has 0 aliphatic rings. The molecule has 1 aromatic carbocycles. The first-order valence-corrected chi connectivity index (χ1v) is 6.67. The van der Waals surface area contributed by atoms with Crippen molar-refractivity contribution < 1.29 is 4.79 Å². The standard InChI is InChI=1S/C14H11N3OS/c1-9-14(19-8-15-9)5-4-12-11-3-2-10(7-18)6-13(11)17-16-12/h2-8H,1H3,(H,16,17). The van der Waals surface area contributed by atoms with Crippen LogP contribution in [0.5, 0.6) is 0 Å². The molecule has 0 amide bonds. The van der Waals surface area contributed by atoms with Gasteiger partial charge in [-0.05, 0) is 31.2 Å². The summed E-state index contributed by atoms with van der Waals surface area (Å²) in [5.41, 5.74) is 5.22. The third-order valence-corrected chi connectivity index (χ3v) is 3.82. The number of carbonyl (C=O) groups excluding carboxylic acids is 1. The van der Waals surface area contributed by atoms with Crippen LogP contribution in [-0.4, -0.2) is 21.5 Å². The van der Waals surface area contributed by atoms with Crippen LogP contribution in [0.1, 0.15) is 26.6 Å². The highest BCUT2D eigenvalue weighted by Gasteiger charge is 2.04. The van der Waals surface area contributed by atoms with Crippen molar-refractivity contribution in [1.82, 2.24) is 15.2 Å². The normalized spacial score (nSPS) is 11.4. The highest BCUT2D eigenvalue weighted by Crippen LogP contribution is 2.21. The Bertz CT molecular complexity index is 770. The van der Waals surface area contributed by atoms with Gasteiger partial charge in [-0.2, -0.15) is 5.10 Å². The van der Waals surface area contributed by atoms with Gasteiger partial charge in [-0.25, -0.2) is 4.98 Å². The molecule has 0 bridgehead atoms. The molecule has 3 aromatic rings. The van der Waals surface area contributed by atoms with Gasteiger partial charge in [-0.3, -0.25) is 9.89 Å².